The van der Waals surface area contributed by atoms with Gasteiger partial charge in [0.1, 0.15) is 0 Å². The summed E-state index contributed by atoms with van der Waals surface area (Å²) in [5.41, 5.74) is 6.31. The summed E-state index contributed by atoms with van der Waals surface area (Å²) in [7, 11) is 2.21. The molecule has 0 unspecified atom stereocenters. The first-order chi connectivity index (χ1) is 16.8. The number of nitrogens with one attached hydrogen (secondary N) is 2. The second-order valence-electron chi connectivity index (χ2n) is 10.1. The van der Waals surface area contributed by atoms with Crippen molar-refractivity contribution in [1.29, 1.82) is 0 Å². The molecule has 1 atom stereocenters. The quantitative estimate of drug-likeness (QED) is 0.344. The molecule has 1 aliphatic carbocycles. The van der Waals surface area contributed by atoms with E-state index in [2.05, 4.69) is 98.5 Å². The summed E-state index contributed by atoms with van der Waals surface area (Å²) in [6.45, 7) is 11.7. The Morgan fingerprint density at radius 2 is 1.97 bits per heavy atom. The number of hydrogen-bond donors (Lipinski definition) is 2. The van der Waals surface area contributed by atoms with Crippen molar-refractivity contribution in [3.05, 3.63) is 83.8 Å². The molecular weight excluding hydrogens is 430 g/mol. The van der Waals surface area contributed by atoms with Gasteiger partial charge in [0.15, 0.2) is 0 Å². The summed E-state index contributed by atoms with van der Waals surface area (Å²) in [6.07, 6.45) is 21.3. The molecule has 2 aliphatic rings. The fourth-order valence-corrected chi connectivity index (χ4v) is 4.76. The highest BCUT2D eigenvalue weighted by molar-refractivity contribution is 5.94. The summed E-state index contributed by atoms with van der Waals surface area (Å²) in [4.78, 5) is 14.2. The topological polar surface area (TPSA) is 44.4 Å². The largest absolute Gasteiger partial charge is 0.375 e. The van der Waals surface area contributed by atoms with Gasteiger partial charge in [-0.25, -0.2) is 0 Å². The lowest BCUT2D eigenvalue weighted by atomic mass is 9.89. The smallest absolute Gasteiger partial charge is 0.224 e. The summed E-state index contributed by atoms with van der Waals surface area (Å²) in [5, 5.41) is 6.35. The lowest BCUT2D eigenvalue weighted by Gasteiger charge is -2.29. The summed E-state index contributed by atoms with van der Waals surface area (Å²) in [5.74, 6) is 1.18. The minimum absolute atomic E-state index is 0.0805. The van der Waals surface area contributed by atoms with Crippen LogP contribution in [0.3, 0.4) is 0 Å². The highest BCUT2D eigenvalue weighted by atomic mass is 16.1. The number of nitrogens with zero attached hydrogens (tertiary/aromatic N) is 1. The Kier molecular flexibility index (Phi) is 10.0. The fraction of sp³-hybridized carbons (Fsp3) is 0.452. The van der Waals surface area contributed by atoms with E-state index in [0.717, 1.165) is 36.0 Å². The van der Waals surface area contributed by atoms with Crippen molar-refractivity contribution in [3.8, 4) is 0 Å². The van der Waals surface area contributed by atoms with E-state index >= 15 is 0 Å². The highest BCUT2D eigenvalue weighted by Gasteiger charge is 2.17. The van der Waals surface area contributed by atoms with Gasteiger partial charge in [0.25, 0.3) is 0 Å². The van der Waals surface area contributed by atoms with Crippen LogP contribution < -0.4 is 10.6 Å². The van der Waals surface area contributed by atoms with Crippen molar-refractivity contribution in [2.75, 3.05) is 24.2 Å². The standard InChI is InChI=1S/C31H43N3O/c1-6-23(2)12-13-24(3)20-29(34(5)22-26-10-8-7-9-11-26)18-14-25(4)32-28-17-15-27-16-19-31(35)33-30(27)21-28/h6,12-15,17-18,20-21,24,26,32H,4,7-11,16,19,22H2,1-3,5H3,(H,33,35)/b13-12-,18-14+,23-6-,29-20-/t24-/m1/s1. The van der Waals surface area contributed by atoms with E-state index in [1.807, 2.05) is 6.07 Å². The minimum atomic E-state index is 0.0805. The Morgan fingerprint density at radius 1 is 1.20 bits per heavy atom. The zero-order valence-corrected chi connectivity index (χ0v) is 22.1. The molecule has 0 spiro atoms. The van der Waals surface area contributed by atoms with E-state index in [1.165, 1.54) is 48.9 Å². The van der Waals surface area contributed by atoms with E-state index in [4.69, 9.17) is 0 Å². The van der Waals surface area contributed by atoms with Crippen LogP contribution in [0.25, 0.3) is 0 Å². The van der Waals surface area contributed by atoms with Gasteiger partial charge in [-0.1, -0.05) is 68.7 Å². The Bertz CT molecular complexity index is 1010. The van der Waals surface area contributed by atoms with E-state index in [1.54, 1.807) is 0 Å². The van der Waals surface area contributed by atoms with Gasteiger partial charge in [-0.05, 0) is 74.8 Å². The normalized spacial score (nSPS) is 18.5. The molecule has 4 nitrogen and oxygen atoms in total. The molecule has 1 aromatic rings. The molecule has 0 bridgehead atoms. The lowest BCUT2D eigenvalue weighted by molar-refractivity contribution is -0.116. The van der Waals surface area contributed by atoms with Crippen molar-refractivity contribution >= 4 is 17.3 Å². The predicted octanol–water partition coefficient (Wildman–Crippen LogP) is 7.61. The third-order valence-corrected chi connectivity index (χ3v) is 7.01. The molecule has 2 N–H and O–H groups in total. The minimum Gasteiger partial charge on any atom is -0.375 e. The Morgan fingerprint density at radius 3 is 2.71 bits per heavy atom. The molecule has 188 valence electrons. The van der Waals surface area contributed by atoms with E-state index in [0.29, 0.717) is 12.3 Å². The maximum atomic E-state index is 11.8. The van der Waals surface area contributed by atoms with Crippen molar-refractivity contribution < 1.29 is 4.79 Å². The average Bonchev–Trinajstić information content (AvgIpc) is 2.85. The molecule has 4 heteroatoms. The van der Waals surface area contributed by atoms with Gasteiger partial charge >= 0.3 is 0 Å². The van der Waals surface area contributed by atoms with Crippen LogP contribution in [-0.4, -0.2) is 24.4 Å². The van der Waals surface area contributed by atoms with Gasteiger partial charge in [-0.3, -0.25) is 4.79 Å². The molecule has 1 amide bonds. The number of likely N-dealkylation sites (N-methyl/N-ethyl adjacent to an activating group) is 1. The summed E-state index contributed by atoms with van der Waals surface area (Å²) >= 11 is 0. The maximum absolute atomic E-state index is 11.8. The van der Waals surface area contributed by atoms with Crippen molar-refractivity contribution in [1.82, 2.24) is 4.90 Å². The third kappa shape index (κ3) is 8.61. The van der Waals surface area contributed by atoms with Gasteiger partial charge in [-0.15, -0.1) is 0 Å². The number of fused-ring (bicyclic) bond motifs is 1. The Balaban J connectivity index is 1.71. The molecule has 0 saturated heterocycles. The second kappa shape index (κ2) is 13.2. The van der Waals surface area contributed by atoms with Crippen LogP contribution in [0.5, 0.6) is 0 Å². The highest BCUT2D eigenvalue weighted by Crippen LogP contribution is 2.27. The molecule has 1 heterocycles. The van der Waals surface area contributed by atoms with Crippen molar-refractivity contribution in [2.24, 2.45) is 11.8 Å². The van der Waals surface area contributed by atoms with Gasteiger partial charge in [0, 0.05) is 42.8 Å². The first kappa shape index (κ1) is 26.6. The molecule has 0 aromatic heterocycles. The van der Waals surface area contributed by atoms with Gasteiger partial charge < -0.3 is 15.5 Å². The number of aryl methyl sites for hydroxylation is 1. The molecular formula is C31H43N3O. The van der Waals surface area contributed by atoms with Gasteiger partial charge in [-0.2, -0.15) is 0 Å². The molecule has 1 aromatic carbocycles. The number of anilines is 2. The van der Waals surface area contributed by atoms with Crippen LogP contribution in [0.1, 0.15) is 64.9 Å². The molecule has 1 aliphatic heterocycles. The van der Waals surface area contributed by atoms with Crippen molar-refractivity contribution in [3.63, 3.8) is 0 Å². The number of allylic oxidation sites excluding steroid dienone is 7. The van der Waals surface area contributed by atoms with Gasteiger partial charge in [0.2, 0.25) is 5.91 Å². The van der Waals surface area contributed by atoms with Crippen LogP contribution >= 0.6 is 0 Å². The average molecular weight is 474 g/mol. The number of benzene rings is 1. The third-order valence-electron chi connectivity index (χ3n) is 7.01. The van der Waals surface area contributed by atoms with Crippen LogP contribution in [-0.2, 0) is 11.2 Å². The molecule has 0 radical (unpaired) electrons. The summed E-state index contributed by atoms with van der Waals surface area (Å²) < 4.78 is 0. The monoisotopic (exact) mass is 473 g/mol. The Labute approximate surface area is 212 Å². The van der Waals surface area contributed by atoms with E-state index < -0.39 is 0 Å². The van der Waals surface area contributed by atoms with E-state index in [9.17, 15) is 4.79 Å². The maximum Gasteiger partial charge on any atom is 0.224 e. The molecule has 1 saturated carbocycles. The predicted molar refractivity (Wildman–Crippen MR) is 150 cm³/mol. The van der Waals surface area contributed by atoms with Gasteiger partial charge in [0.05, 0.1) is 0 Å². The molecule has 35 heavy (non-hydrogen) atoms. The number of carbonyl (C=O) groups excluding carboxylic acids is 1. The zero-order chi connectivity index (χ0) is 25.2. The van der Waals surface area contributed by atoms with E-state index in [-0.39, 0.29) is 5.91 Å². The number of hydrogen-bond acceptors (Lipinski definition) is 3. The number of carbonyl (C=O) groups is 1. The Hall–Kier alpha value is -3.01. The number of amides is 1. The van der Waals surface area contributed by atoms with Crippen molar-refractivity contribution in [2.45, 2.75) is 65.7 Å². The first-order valence-corrected chi connectivity index (χ1v) is 13.1. The van der Waals surface area contributed by atoms with Crippen LogP contribution in [0, 0.1) is 11.8 Å². The molecule has 3 rings (SSSR count). The van der Waals surface area contributed by atoms with Crippen LogP contribution in [0.15, 0.2) is 78.2 Å². The first-order valence-electron chi connectivity index (χ1n) is 13.1. The zero-order valence-electron chi connectivity index (χ0n) is 22.1. The summed E-state index contributed by atoms with van der Waals surface area (Å²) in [6, 6.07) is 6.13. The SMILES string of the molecule is C=C(/C=C/C(=C/[C@H](C)/C=C\C(C)=C/C)N(C)CC1CCCCC1)Nc1ccc2c(c1)NC(=O)CC2. The lowest BCUT2D eigenvalue weighted by Crippen LogP contribution is -2.26. The van der Waals surface area contributed by atoms with Crippen LogP contribution in [0.4, 0.5) is 11.4 Å². The second-order valence-corrected chi connectivity index (χ2v) is 10.1. The number of rotatable bonds is 10. The molecule has 1 fully saturated rings. The van der Waals surface area contributed by atoms with Crippen LogP contribution in [0.2, 0.25) is 0 Å². The fourth-order valence-electron chi connectivity index (χ4n) is 4.76.